The molecule has 2 N–H and O–H groups in total. The van der Waals surface area contributed by atoms with Gasteiger partial charge in [-0.3, -0.25) is 0 Å². The summed E-state index contributed by atoms with van der Waals surface area (Å²) in [5.41, 5.74) is 6.63. The van der Waals surface area contributed by atoms with Crippen LogP contribution >= 0.6 is 0 Å². The van der Waals surface area contributed by atoms with Crippen molar-refractivity contribution in [2.45, 2.75) is 19.4 Å². The fraction of sp³-hybridized carbons (Fsp3) is 0.444. The molecule has 4 heteroatoms. The van der Waals surface area contributed by atoms with Crippen molar-refractivity contribution in [3.63, 3.8) is 0 Å². The first kappa shape index (κ1) is 8.31. The second-order valence-electron chi connectivity index (χ2n) is 3.01. The fourth-order valence-electron chi connectivity index (χ4n) is 1.32. The highest BCUT2D eigenvalue weighted by atomic mass is 16.5. The lowest BCUT2D eigenvalue weighted by Crippen LogP contribution is -2.14. The largest absolute Gasteiger partial charge is 0.496 e. The predicted octanol–water partition coefficient (Wildman–Crippen LogP) is 1.29. The number of aromatic nitrogens is 1. The van der Waals surface area contributed by atoms with Crippen molar-refractivity contribution in [1.29, 1.82) is 0 Å². The zero-order valence-corrected chi connectivity index (χ0v) is 7.49. The minimum atomic E-state index is -0.278. The van der Waals surface area contributed by atoms with E-state index in [0.717, 1.165) is 24.5 Å². The summed E-state index contributed by atoms with van der Waals surface area (Å²) in [6.07, 6.45) is 4.50. The normalized spacial score (nSPS) is 18.2. The summed E-state index contributed by atoms with van der Waals surface area (Å²) in [7, 11) is 0. The zero-order chi connectivity index (χ0) is 9.26. The third kappa shape index (κ3) is 1.58. The molecule has 0 aromatic carbocycles. The van der Waals surface area contributed by atoms with Gasteiger partial charge in [0.25, 0.3) is 0 Å². The quantitative estimate of drug-likeness (QED) is 0.744. The number of rotatable bonds is 2. The molecule has 13 heavy (non-hydrogen) atoms. The fourth-order valence-corrected chi connectivity index (χ4v) is 1.32. The number of nitrogens with zero attached hydrogens (tertiary/aromatic N) is 1. The number of hydrogen-bond donors (Lipinski definition) is 1. The molecule has 0 saturated heterocycles. The van der Waals surface area contributed by atoms with E-state index in [4.69, 9.17) is 14.9 Å². The first-order valence-electron chi connectivity index (χ1n) is 4.28. The molecular weight excluding hydrogens is 168 g/mol. The molecule has 2 heterocycles. The summed E-state index contributed by atoms with van der Waals surface area (Å²) in [5.74, 6) is 1.43. The molecule has 0 amide bonds. The molecule has 1 aliphatic rings. The third-order valence-electron chi connectivity index (χ3n) is 1.99. The molecule has 0 aliphatic carbocycles. The standard InChI is InChI=1S/C9H12N2O2/c1-6-11-7(5-13-6)9(10)8-3-2-4-12-8/h3,5,9H,2,4,10H2,1H3. The van der Waals surface area contributed by atoms with E-state index in [-0.39, 0.29) is 6.04 Å². The Morgan fingerprint density at radius 3 is 3.00 bits per heavy atom. The van der Waals surface area contributed by atoms with Crippen LogP contribution in [0.1, 0.15) is 24.0 Å². The van der Waals surface area contributed by atoms with Gasteiger partial charge in [0.2, 0.25) is 0 Å². The summed E-state index contributed by atoms with van der Waals surface area (Å²) in [6, 6.07) is -0.278. The Morgan fingerprint density at radius 2 is 2.46 bits per heavy atom. The molecule has 1 unspecified atom stereocenters. The molecule has 0 bridgehead atoms. The summed E-state index contributed by atoms with van der Waals surface area (Å²) >= 11 is 0. The maximum absolute atomic E-state index is 5.90. The molecule has 1 aromatic heterocycles. The number of nitrogens with two attached hydrogens (primary N) is 1. The molecule has 1 aliphatic heterocycles. The van der Waals surface area contributed by atoms with Crippen molar-refractivity contribution in [1.82, 2.24) is 4.98 Å². The lowest BCUT2D eigenvalue weighted by molar-refractivity contribution is 0.224. The SMILES string of the molecule is Cc1nc(C(N)C2=CCCO2)co1. The number of ether oxygens (including phenoxy) is 1. The Labute approximate surface area is 76.4 Å². The average molecular weight is 180 g/mol. The van der Waals surface area contributed by atoms with E-state index in [1.54, 1.807) is 13.2 Å². The second kappa shape index (κ2) is 3.22. The van der Waals surface area contributed by atoms with Gasteiger partial charge in [-0.1, -0.05) is 0 Å². The molecule has 0 spiro atoms. The Balaban J connectivity index is 2.16. The second-order valence-corrected chi connectivity index (χ2v) is 3.01. The Hall–Kier alpha value is -1.29. The van der Waals surface area contributed by atoms with Crippen LogP contribution in [0.4, 0.5) is 0 Å². The van der Waals surface area contributed by atoms with Gasteiger partial charge in [0.05, 0.1) is 6.61 Å². The molecule has 1 aromatic rings. The maximum Gasteiger partial charge on any atom is 0.191 e. The topological polar surface area (TPSA) is 61.3 Å². The minimum absolute atomic E-state index is 0.278. The summed E-state index contributed by atoms with van der Waals surface area (Å²) < 4.78 is 10.4. The Kier molecular flexibility index (Phi) is 2.06. The highest BCUT2D eigenvalue weighted by molar-refractivity contribution is 5.16. The van der Waals surface area contributed by atoms with E-state index in [0.29, 0.717) is 5.89 Å². The molecule has 0 saturated carbocycles. The van der Waals surface area contributed by atoms with Crippen LogP contribution in [0, 0.1) is 6.92 Å². The minimum Gasteiger partial charge on any atom is -0.496 e. The molecule has 4 nitrogen and oxygen atoms in total. The zero-order valence-electron chi connectivity index (χ0n) is 7.49. The highest BCUT2D eigenvalue weighted by Crippen LogP contribution is 2.23. The van der Waals surface area contributed by atoms with Gasteiger partial charge in [0, 0.05) is 13.3 Å². The van der Waals surface area contributed by atoms with Crippen LogP contribution in [0.5, 0.6) is 0 Å². The van der Waals surface area contributed by atoms with Gasteiger partial charge in [-0.25, -0.2) is 4.98 Å². The van der Waals surface area contributed by atoms with Crippen molar-refractivity contribution in [2.24, 2.45) is 5.73 Å². The van der Waals surface area contributed by atoms with Gasteiger partial charge >= 0.3 is 0 Å². The summed E-state index contributed by atoms with van der Waals surface area (Å²) in [4.78, 5) is 4.14. The third-order valence-corrected chi connectivity index (χ3v) is 1.99. The van der Waals surface area contributed by atoms with Crippen LogP contribution < -0.4 is 5.73 Å². The van der Waals surface area contributed by atoms with Crippen molar-refractivity contribution in [2.75, 3.05) is 6.61 Å². The van der Waals surface area contributed by atoms with Crippen molar-refractivity contribution < 1.29 is 9.15 Å². The van der Waals surface area contributed by atoms with Crippen LogP contribution in [0.15, 0.2) is 22.5 Å². The molecule has 0 fully saturated rings. The van der Waals surface area contributed by atoms with Gasteiger partial charge in [0.15, 0.2) is 5.89 Å². The molecule has 0 radical (unpaired) electrons. The van der Waals surface area contributed by atoms with E-state index < -0.39 is 0 Å². The van der Waals surface area contributed by atoms with E-state index in [1.165, 1.54) is 0 Å². The van der Waals surface area contributed by atoms with Gasteiger partial charge in [-0.05, 0) is 6.08 Å². The first-order valence-corrected chi connectivity index (χ1v) is 4.28. The Bertz CT molecular complexity index is 330. The summed E-state index contributed by atoms with van der Waals surface area (Å²) in [6.45, 7) is 2.51. The number of aryl methyl sites for hydroxylation is 1. The maximum atomic E-state index is 5.90. The van der Waals surface area contributed by atoms with Crippen molar-refractivity contribution in [3.8, 4) is 0 Å². The molecule has 1 atom stereocenters. The lowest BCUT2D eigenvalue weighted by Gasteiger charge is -2.09. The summed E-state index contributed by atoms with van der Waals surface area (Å²) in [5, 5.41) is 0. The van der Waals surface area contributed by atoms with Crippen LogP contribution in [-0.2, 0) is 4.74 Å². The van der Waals surface area contributed by atoms with Crippen LogP contribution in [-0.4, -0.2) is 11.6 Å². The van der Waals surface area contributed by atoms with E-state index in [1.807, 2.05) is 6.08 Å². The number of oxazole rings is 1. The molecule has 70 valence electrons. The van der Waals surface area contributed by atoms with E-state index >= 15 is 0 Å². The smallest absolute Gasteiger partial charge is 0.191 e. The first-order chi connectivity index (χ1) is 6.27. The Morgan fingerprint density at radius 1 is 1.62 bits per heavy atom. The lowest BCUT2D eigenvalue weighted by atomic mass is 10.2. The van der Waals surface area contributed by atoms with Gasteiger partial charge in [-0.2, -0.15) is 0 Å². The highest BCUT2D eigenvalue weighted by Gasteiger charge is 2.19. The van der Waals surface area contributed by atoms with Crippen LogP contribution in [0.25, 0.3) is 0 Å². The van der Waals surface area contributed by atoms with Gasteiger partial charge in [-0.15, -0.1) is 0 Å². The molecule has 2 rings (SSSR count). The predicted molar refractivity (Wildman–Crippen MR) is 46.8 cm³/mol. The van der Waals surface area contributed by atoms with E-state index in [9.17, 15) is 0 Å². The number of hydrogen-bond acceptors (Lipinski definition) is 4. The average Bonchev–Trinajstić information content (AvgIpc) is 2.72. The van der Waals surface area contributed by atoms with Crippen molar-refractivity contribution >= 4 is 0 Å². The van der Waals surface area contributed by atoms with E-state index in [2.05, 4.69) is 4.98 Å². The monoisotopic (exact) mass is 180 g/mol. The van der Waals surface area contributed by atoms with Gasteiger partial charge in [0.1, 0.15) is 23.8 Å². The van der Waals surface area contributed by atoms with Crippen molar-refractivity contribution in [3.05, 3.63) is 29.7 Å². The van der Waals surface area contributed by atoms with Crippen LogP contribution in [0.3, 0.4) is 0 Å². The van der Waals surface area contributed by atoms with Gasteiger partial charge < -0.3 is 14.9 Å². The van der Waals surface area contributed by atoms with Crippen LogP contribution in [0.2, 0.25) is 0 Å². The molecular formula is C9H12N2O2.